The highest BCUT2D eigenvalue weighted by atomic mass is 35.5. The molecule has 1 aromatic rings. The van der Waals surface area contributed by atoms with E-state index in [1.165, 1.54) is 4.88 Å². The van der Waals surface area contributed by atoms with Crippen LogP contribution in [-0.2, 0) is 4.74 Å². The van der Waals surface area contributed by atoms with Gasteiger partial charge in [-0.15, -0.1) is 11.3 Å². The Kier molecular flexibility index (Phi) is 6.81. The molecule has 0 amide bonds. The minimum absolute atomic E-state index is 0.0812. The first-order chi connectivity index (χ1) is 8.90. The standard InChI is InChI=1S/C15H26ClNOS/c1-6-10-17-13(11-8-9-12(16)19-11)14(18-7-2)15(3,4)5/h8-9,13-14,17H,6-7,10H2,1-5H3. The first-order valence-electron chi connectivity index (χ1n) is 7.00. The molecule has 2 atom stereocenters. The maximum Gasteiger partial charge on any atom is 0.0931 e. The number of hydrogen-bond donors (Lipinski definition) is 1. The lowest BCUT2D eigenvalue weighted by atomic mass is 9.83. The molecule has 0 bridgehead atoms. The summed E-state index contributed by atoms with van der Waals surface area (Å²) in [5.41, 5.74) is 0.0812. The molecule has 0 saturated carbocycles. The first-order valence-corrected chi connectivity index (χ1v) is 8.19. The van der Waals surface area contributed by atoms with Gasteiger partial charge in [0.25, 0.3) is 0 Å². The van der Waals surface area contributed by atoms with Gasteiger partial charge in [-0.3, -0.25) is 0 Å². The highest BCUT2D eigenvalue weighted by Crippen LogP contribution is 2.36. The number of nitrogens with one attached hydrogen (secondary N) is 1. The summed E-state index contributed by atoms with van der Waals surface area (Å²) in [6.07, 6.45) is 1.25. The highest BCUT2D eigenvalue weighted by Gasteiger charge is 2.34. The van der Waals surface area contributed by atoms with Gasteiger partial charge in [0.2, 0.25) is 0 Å². The Morgan fingerprint density at radius 2 is 2.00 bits per heavy atom. The van der Waals surface area contributed by atoms with Crippen molar-refractivity contribution in [1.29, 1.82) is 0 Å². The summed E-state index contributed by atoms with van der Waals surface area (Å²) in [4.78, 5) is 1.26. The molecule has 1 rings (SSSR count). The molecule has 1 aromatic heterocycles. The molecular formula is C15H26ClNOS. The van der Waals surface area contributed by atoms with Crippen LogP contribution in [0.15, 0.2) is 12.1 Å². The van der Waals surface area contributed by atoms with E-state index in [-0.39, 0.29) is 17.6 Å². The van der Waals surface area contributed by atoms with Gasteiger partial charge in [0, 0.05) is 11.5 Å². The zero-order chi connectivity index (χ0) is 14.5. The molecule has 110 valence electrons. The van der Waals surface area contributed by atoms with Crippen molar-refractivity contribution in [3.63, 3.8) is 0 Å². The van der Waals surface area contributed by atoms with Crippen LogP contribution < -0.4 is 5.32 Å². The van der Waals surface area contributed by atoms with Gasteiger partial charge in [-0.1, -0.05) is 39.3 Å². The van der Waals surface area contributed by atoms with E-state index in [0.717, 1.165) is 23.9 Å². The van der Waals surface area contributed by atoms with E-state index < -0.39 is 0 Å². The molecule has 1 N–H and O–H groups in total. The third-order valence-electron chi connectivity index (χ3n) is 3.02. The third-order valence-corrected chi connectivity index (χ3v) is 4.33. The van der Waals surface area contributed by atoms with Crippen molar-refractivity contribution in [2.45, 2.75) is 53.2 Å². The van der Waals surface area contributed by atoms with Crippen LogP contribution in [-0.4, -0.2) is 19.3 Å². The predicted octanol–water partition coefficient (Wildman–Crippen LogP) is 4.89. The van der Waals surface area contributed by atoms with E-state index in [9.17, 15) is 0 Å². The lowest BCUT2D eigenvalue weighted by Gasteiger charge is -2.37. The fraction of sp³-hybridized carbons (Fsp3) is 0.733. The van der Waals surface area contributed by atoms with E-state index in [2.05, 4.69) is 46.0 Å². The van der Waals surface area contributed by atoms with Crippen LogP contribution in [0.25, 0.3) is 0 Å². The van der Waals surface area contributed by atoms with E-state index >= 15 is 0 Å². The average Bonchev–Trinajstić information content (AvgIpc) is 2.73. The van der Waals surface area contributed by atoms with Crippen molar-refractivity contribution >= 4 is 22.9 Å². The quantitative estimate of drug-likeness (QED) is 0.774. The van der Waals surface area contributed by atoms with Crippen molar-refractivity contribution in [2.75, 3.05) is 13.2 Å². The molecular weight excluding hydrogens is 278 g/mol. The minimum atomic E-state index is 0.0812. The zero-order valence-corrected chi connectivity index (χ0v) is 14.2. The third kappa shape index (κ3) is 5.07. The van der Waals surface area contributed by atoms with Crippen LogP contribution in [0.3, 0.4) is 0 Å². The molecule has 4 heteroatoms. The SMILES string of the molecule is CCCNC(c1ccc(Cl)s1)C(OCC)C(C)(C)C. The molecule has 0 aliphatic rings. The van der Waals surface area contributed by atoms with Gasteiger partial charge in [-0.2, -0.15) is 0 Å². The molecule has 1 heterocycles. The Morgan fingerprint density at radius 3 is 2.42 bits per heavy atom. The Hall–Kier alpha value is -0.0900. The van der Waals surface area contributed by atoms with Crippen LogP contribution in [0.2, 0.25) is 4.34 Å². The van der Waals surface area contributed by atoms with Gasteiger partial charge in [-0.05, 0) is 37.4 Å². The average molecular weight is 304 g/mol. The molecule has 0 aliphatic heterocycles. The minimum Gasteiger partial charge on any atom is -0.376 e. The van der Waals surface area contributed by atoms with Crippen LogP contribution >= 0.6 is 22.9 Å². The predicted molar refractivity (Wildman–Crippen MR) is 85.2 cm³/mol. The number of halogens is 1. The highest BCUT2D eigenvalue weighted by molar-refractivity contribution is 7.16. The van der Waals surface area contributed by atoms with E-state index in [4.69, 9.17) is 16.3 Å². The van der Waals surface area contributed by atoms with Crippen molar-refractivity contribution in [2.24, 2.45) is 5.41 Å². The summed E-state index contributed by atoms with van der Waals surface area (Å²) < 4.78 is 6.87. The maximum absolute atomic E-state index is 6.08. The van der Waals surface area contributed by atoms with Gasteiger partial charge in [0.1, 0.15) is 0 Å². The van der Waals surface area contributed by atoms with Gasteiger partial charge < -0.3 is 10.1 Å². The molecule has 0 fully saturated rings. The van der Waals surface area contributed by atoms with Crippen molar-refractivity contribution in [1.82, 2.24) is 5.32 Å². The van der Waals surface area contributed by atoms with Gasteiger partial charge in [0.05, 0.1) is 16.5 Å². The first kappa shape index (κ1) is 17.0. The molecule has 19 heavy (non-hydrogen) atoms. The second kappa shape index (κ2) is 7.63. The fourth-order valence-electron chi connectivity index (χ4n) is 2.18. The number of thiophene rings is 1. The van der Waals surface area contributed by atoms with Crippen molar-refractivity contribution < 1.29 is 4.74 Å². The van der Waals surface area contributed by atoms with E-state index in [0.29, 0.717) is 0 Å². The molecule has 0 spiro atoms. The molecule has 0 radical (unpaired) electrons. The fourth-order valence-corrected chi connectivity index (χ4v) is 3.34. The van der Waals surface area contributed by atoms with Crippen LogP contribution in [0.5, 0.6) is 0 Å². The zero-order valence-electron chi connectivity index (χ0n) is 12.6. The van der Waals surface area contributed by atoms with E-state index in [1.54, 1.807) is 11.3 Å². The number of ether oxygens (including phenoxy) is 1. The van der Waals surface area contributed by atoms with Crippen LogP contribution in [0, 0.1) is 5.41 Å². The molecule has 2 nitrogen and oxygen atoms in total. The van der Waals surface area contributed by atoms with Crippen LogP contribution in [0.1, 0.15) is 52.0 Å². The largest absolute Gasteiger partial charge is 0.376 e. The van der Waals surface area contributed by atoms with Gasteiger partial charge in [0.15, 0.2) is 0 Å². The van der Waals surface area contributed by atoms with Gasteiger partial charge in [-0.25, -0.2) is 0 Å². The molecule has 0 saturated heterocycles. The summed E-state index contributed by atoms with van der Waals surface area (Å²) in [6.45, 7) is 12.6. The van der Waals surface area contributed by atoms with E-state index in [1.807, 2.05) is 6.07 Å². The van der Waals surface area contributed by atoms with Crippen LogP contribution in [0.4, 0.5) is 0 Å². The summed E-state index contributed by atoms with van der Waals surface area (Å²) in [7, 11) is 0. The van der Waals surface area contributed by atoms with Crippen molar-refractivity contribution in [3.05, 3.63) is 21.3 Å². The Labute approximate surface area is 126 Å². The summed E-state index contributed by atoms with van der Waals surface area (Å²) in [6, 6.07) is 4.28. The monoisotopic (exact) mass is 303 g/mol. The van der Waals surface area contributed by atoms with Gasteiger partial charge >= 0.3 is 0 Å². The summed E-state index contributed by atoms with van der Waals surface area (Å²) in [5, 5.41) is 3.62. The summed E-state index contributed by atoms with van der Waals surface area (Å²) >= 11 is 7.72. The number of hydrogen-bond acceptors (Lipinski definition) is 3. The smallest absolute Gasteiger partial charge is 0.0931 e. The Balaban J connectivity index is 2.99. The lowest BCUT2D eigenvalue weighted by Crippen LogP contribution is -2.42. The second-order valence-corrected chi connectivity index (χ2v) is 7.56. The Bertz CT molecular complexity index is 372. The molecule has 0 aliphatic carbocycles. The Morgan fingerprint density at radius 1 is 1.32 bits per heavy atom. The van der Waals surface area contributed by atoms with Crippen molar-refractivity contribution in [3.8, 4) is 0 Å². The lowest BCUT2D eigenvalue weighted by molar-refractivity contribution is -0.0358. The second-order valence-electron chi connectivity index (χ2n) is 5.82. The summed E-state index contributed by atoms with van der Waals surface area (Å²) in [5.74, 6) is 0. The normalized spacial score (nSPS) is 15.5. The molecule has 2 unspecified atom stereocenters. The number of rotatable bonds is 7. The maximum atomic E-state index is 6.08. The topological polar surface area (TPSA) is 21.3 Å². The molecule has 0 aromatic carbocycles.